The topological polar surface area (TPSA) is 66.5 Å². The minimum absolute atomic E-state index is 0.161. The number of unbranched alkanes of at least 4 members (excludes halogenated alkanes) is 1. The number of halogens is 3. The molecule has 6 nitrogen and oxygen atoms in total. The van der Waals surface area contributed by atoms with Gasteiger partial charge in [0.2, 0.25) is 0 Å². The highest BCUT2D eigenvalue weighted by atomic mass is 32.1. The summed E-state index contributed by atoms with van der Waals surface area (Å²) in [7, 11) is 1.61. The van der Waals surface area contributed by atoms with Gasteiger partial charge in [0.05, 0.1) is 22.9 Å². The molecule has 0 aliphatic carbocycles. The van der Waals surface area contributed by atoms with Gasteiger partial charge in [-0.15, -0.1) is 11.3 Å². The highest BCUT2D eigenvalue weighted by Crippen LogP contribution is 2.31. The van der Waals surface area contributed by atoms with Crippen molar-refractivity contribution in [2.75, 3.05) is 38.6 Å². The third kappa shape index (κ3) is 6.85. The number of anilines is 1. The first kappa shape index (κ1) is 25.2. The first-order valence-electron chi connectivity index (χ1n) is 11.7. The van der Waals surface area contributed by atoms with Gasteiger partial charge < -0.3 is 20.3 Å². The molecule has 1 aromatic heterocycles. The van der Waals surface area contributed by atoms with Gasteiger partial charge in [-0.2, -0.15) is 13.2 Å². The van der Waals surface area contributed by atoms with Crippen LogP contribution in [0.1, 0.15) is 41.0 Å². The minimum Gasteiger partial charge on any atom is -0.497 e. The van der Waals surface area contributed by atoms with Gasteiger partial charge in [0.25, 0.3) is 5.91 Å². The Kier molecular flexibility index (Phi) is 8.12. The van der Waals surface area contributed by atoms with Gasteiger partial charge >= 0.3 is 6.18 Å². The van der Waals surface area contributed by atoms with Crippen LogP contribution in [0.4, 0.5) is 18.9 Å². The molecule has 0 spiro atoms. The van der Waals surface area contributed by atoms with Crippen LogP contribution in [0.3, 0.4) is 0 Å². The molecule has 188 valence electrons. The Labute approximate surface area is 206 Å². The van der Waals surface area contributed by atoms with Gasteiger partial charge in [-0.1, -0.05) is 6.07 Å². The fraction of sp³-hybridized carbons (Fsp3) is 0.440. The van der Waals surface area contributed by atoms with E-state index < -0.39 is 11.7 Å². The van der Waals surface area contributed by atoms with E-state index in [0.717, 1.165) is 67.4 Å². The second-order valence-corrected chi connectivity index (χ2v) is 9.69. The van der Waals surface area contributed by atoms with Gasteiger partial charge in [0.1, 0.15) is 5.75 Å². The Morgan fingerprint density at radius 2 is 1.97 bits per heavy atom. The van der Waals surface area contributed by atoms with Crippen molar-refractivity contribution in [3.05, 3.63) is 53.0 Å². The summed E-state index contributed by atoms with van der Waals surface area (Å²) in [5.74, 6) is 0.579. The molecule has 1 amide bonds. The van der Waals surface area contributed by atoms with E-state index >= 15 is 0 Å². The molecule has 1 fully saturated rings. The molecular weight excluding hydrogens is 477 g/mol. The molecule has 10 heteroatoms. The van der Waals surface area contributed by atoms with Crippen LogP contribution >= 0.6 is 11.3 Å². The lowest BCUT2D eigenvalue weighted by Gasteiger charge is -2.33. The summed E-state index contributed by atoms with van der Waals surface area (Å²) in [6.07, 6.45) is -0.732. The maximum Gasteiger partial charge on any atom is 0.416 e. The molecule has 1 aliphatic rings. The summed E-state index contributed by atoms with van der Waals surface area (Å²) >= 11 is 1.35. The summed E-state index contributed by atoms with van der Waals surface area (Å²) < 4.78 is 44.9. The summed E-state index contributed by atoms with van der Waals surface area (Å²) in [5.41, 5.74) is 0.670. The third-order valence-electron chi connectivity index (χ3n) is 6.12. The molecule has 0 bridgehead atoms. The van der Waals surface area contributed by atoms with E-state index in [-0.39, 0.29) is 11.9 Å². The van der Waals surface area contributed by atoms with Crippen molar-refractivity contribution >= 4 is 33.1 Å². The number of carbonyl (C=O) groups excluding carboxylic acids is 1. The van der Waals surface area contributed by atoms with Crippen LogP contribution in [0.2, 0.25) is 0 Å². The summed E-state index contributed by atoms with van der Waals surface area (Å²) in [4.78, 5) is 19.2. The largest absolute Gasteiger partial charge is 0.497 e. The number of piperidine rings is 1. The zero-order valence-corrected chi connectivity index (χ0v) is 20.3. The SMILES string of the molecule is COc1ccc2nc(C(=O)NCCCCN3CCC(Nc4cccc(C(F)(F)F)c4)CC3)sc2c1. The minimum atomic E-state index is -4.33. The normalized spacial score (nSPS) is 15.3. The molecule has 1 saturated heterocycles. The van der Waals surface area contributed by atoms with Gasteiger partial charge in [-0.25, -0.2) is 4.98 Å². The van der Waals surface area contributed by atoms with Crippen molar-refractivity contribution in [3.63, 3.8) is 0 Å². The second kappa shape index (κ2) is 11.3. The van der Waals surface area contributed by atoms with Gasteiger partial charge in [0.15, 0.2) is 5.01 Å². The van der Waals surface area contributed by atoms with Crippen LogP contribution in [-0.4, -0.2) is 55.1 Å². The van der Waals surface area contributed by atoms with Gasteiger partial charge in [0, 0.05) is 31.4 Å². The van der Waals surface area contributed by atoms with Crippen molar-refractivity contribution in [1.82, 2.24) is 15.2 Å². The Hall–Kier alpha value is -2.85. The van der Waals surface area contributed by atoms with Gasteiger partial charge in [-0.3, -0.25) is 4.79 Å². The predicted octanol–water partition coefficient (Wildman–Crippen LogP) is 5.41. The van der Waals surface area contributed by atoms with E-state index in [0.29, 0.717) is 17.2 Å². The first-order valence-corrected chi connectivity index (χ1v) is 12.5. The van der Waals surface area contributed by atoms with Crippen molar-refractivity contribution in [2.24, 2.45) is 0 Å². The Balaban J connectivity index is 1.13. The van der Waals surface area contributed by atoms with E-state index in [1.165, 1.54) is 23.5 Å². The Bertz CT molecular complexity index is 1140. The molecule has 0 saturated carbocycles. The maximum absolute atomic E-state index is 12.9. The summed E-state index contributed by atoms with van der Waals surface area (Å²) in [6.45, 7) is 3.33. The van der Waals surface area contributed by atoms with E-state index in [2.05, 4.69) is 20.5 Å². The molecule has 2 heterocycles. The van der Waals surface area contributed by atoms with E-state index in [1.807, 2.05) is 18.2 Å². The van der Waals surface area contributed by atoms with E-state index in [1.54, 1.807) is 13.2 Å². The number of methoxy groups -OCH3 is 1. The number of nitrogens with zero attached hydrogens (tertiary/aromatic N) is 2. The predicted molar refractivity (Wildman–Crippen MR) is 132 cm³/mol. The molecule has 2 N–H and O–H groups in total. The molecule has 3 aromatic rings. The van der Waals surface area contributed by atoms with E-state index in [9.17, 15) is 18.0 Å². The quantitative estimate of drug-likeness (QED) is 0.380. The van der Waals surface area contributed by atoms with Crippen LogP contribution in [-0.2, 0) is 6.18 Å². The number of rotatable bonds is 9. The maximum atomic E-state index is 12.9. The summed E-state index contributed by atoms with van der Waals surface area (Å²) in [5, 5.41) is 6.64. The smallest absolute Gasteiger partial charge is 0.416 e. The lowest BCUT2D eigenvalue weighted by Crippen LogP contribution is -2.39. The fourth-order valence-electron chi connectivity index (χ4n) is 4.19. The average molecular weight is 507 g/mol. The number of thiazole rings is 1. The van der Waals surface area contributed by atoms with Crippen molar-refractivity contribution in [1.29, 1.82) is 0 Å². The monoisotopic (exact) mass is 506 g/mol. The Morgan fingerprint density at radius 3 is 2.71 bits per heavy atom. The number of alkyl halides is 3. The molecule has 35 heavy (non-hydrogen) atoms. The van der Waals surface area contributed by atoms with Crippen LogP contribution < -0.4 is 15.4 Å². The summed E-state index contributed by atoms with van der Waals surface area (Å²) in [6, 6.07) is 11.1. The standard InChI is InChI=1S/C25H29F3N4O2S/c1-34-20-7-8-21-22(16-20)35-24(31-21)23(33)29-11-2-3-12-32-13-9-18(10-14-32)30-19-6-4-5-17(15-19)25(26,27)28/h4-8,15-16,18,30H,2-3,9-14H2,1H3,(H,29,33). The number of ether oxygens (including phenoxy) is 1. The first-order chi connectivity index (χ1) is 16.8. The molecular formula is C25H29F3N4O2S. The number of aromatic nitrogens is 1. The molecule has 1 aliphatic heterocycles. The van der Waals surface area contributed by atoms with Crippen LogP contribution in [0.25, 0.3) is 10.2 Å². The Morgan fingerprint density at radius 1 is 1.17 bits per heavy atom. The van der Waals surface area contributed by atoms with E-state index in [4.69, 9.17) is 4.74 Å². The average Bonchev–Trinajstić information content (AvgIpc) is 3.28. The van der Waals surface area contributed by atoms with Crippen LogP contribution in [0.15, 0.2) is 42.5 Å². The van der Waals surface area contributed by atoms with Gasteiger partial charge in [-0.05, 0) is 68.6 Å². The highest BCUT2D eigenvalue weighted by molar-refractivity contribution is 7.20. The molecule has 4 rings (SSSR count). The number of likely N-dealkylation sites (tertiary alicyclic amines) is 1. The molecule has 0 atom stereocenters. The van der Waals surface area contributed by atoms with Crippen molar-refractivity contribution in [2.45, 2.75) is 37.9 Å². The molecule has 0 radical (unpaired) electrons. The highest BCUT2D eigenvalue weighted by Gasteiger charge is 2.30. The molecule has 0 unspecified atom stereocenters. The second-order valence-electron chi connectivity index (χ2n) is 8.65. The van der Waals surface area contributed by atoms with Crippen molar-refractivity contribution < 1.29 is 22.7 Å². The lowest BCUT2D eigenvalue weighted by molar-refractivity contribution is -0.137. The number of benzene rings is 2. The zero-order chi connectivity index (χ0) is 24.8. The zero-order valence-electron chi connectivity index (χ0n) is 19.5. The van der Waals surface area contributed by atoms with Crippen LogP contribution in [0, 0.1) is 0 Å². The number of hydrogen-bond donors (Lipinski definition) is 2. The third-order valence-corrected chi connectivity index (χ3v) is 7.14. The number of hydrogen-bond acceptors (Lipinski definition) is 6. The molecule has 2 aromatic carbocycles. The lowest BCUT2D eigenvalue weighted by atomic mass is 10.0. The van der Waals surface area contributed by atoms with Crippen molar-refractivity contribution in [3.8, 4) is 5.75 Å². The number of amides is 1. The number of fused-ring (bicyclic) bond motifs is 1. The fourth-order valence-corrected chi connectivity index (χ4v) is 5.10. The van der Waals surface area contributed by atoms with Crippen LogP contribution in [0.5, 0.6) is 5.75 Å². The number of carbonyl (C=O) groups is 1. The number of nitrogens with one attached hydrogen (secondary N) is 2.